The number of thiophene rings is 1. The Bertz CT molecular complexity index is 1230. The zero-order chi connectivity index (χ0) is 23.3. The SMILES string of the molecule is O=C(NC1CCCCC1)[C@@H](c1ccco1)N(Cc1cccs1)C(=O)Cn1nnc2ccccc21. The summed E-state index contributed by atoms with van der Waals surface area (Å²) in [5.41, 5.74) is 1.49. The number of nitrogens with one attached hydrogen (secondary N) is 1. The second-order valence-corrected chi connectivity index (χ2v) is 9.63. The van der Waals surface area contributed by atoms with Gasteiger partial charge < -0.3 is 14.6 Å². The molecule has 1 aliphatic rings. The van der Waals surface area contributed by atoms with Crippen LogP contribution in [0.4, 0.5) is 0 Å². The van der Waals surface area contributed by atoms with Crippen LogP contribution in [0, 0.1) is 0 Å². The zero-order valence-electron chi connectivity index (χ0n) is 18.8. The minimum atomic E-state index is -0.874. The molecule has 0 saturated heterocycles. The van der Waals surface area contributed by atoms with Crippen molar-refractivity contribution in [3.05, 3.63) is 70.8 Å². The first-order valence-electron chi connectivity index (χ1n) is 11.6. The summed E-state index contributed by atoms with van der Waals surface area (Å²) in [6, 6.07) is 14.2. The number of fused-ring (bicyclic) bond motifs is 1. The summed E-state index contributed by atoms with van der Waals surface area (Å²) in [6.07, 6.45) is 6.86. The van der Waals surface area contributed by atoms with Crippen LogP contribution < -0.4 is 5.32 Å². The van der Waals surface area contributed by atoms with E-state index in [1.54, 1.807) is 33.1 Å². The lowest BCUT2D eigenvalue weighted by Crippen LogP contribution is -2.47. The molecule has 176 valence electrons. The Morgan fingerprint density at radius 2 is 1.97 bits per heavy atom. The Labute approximate surface area is 201 Å². The van der Waals surface area contributed by atoms with Gasteiger partial charge in [-0.1, -0.05) is 42.7 Å². The molecule has 9 heteroatoms. The summed E-state index contributed by atoms with van der Waals surface area (Å²) >= 11 is 1.55. The Morgan fingerprint density at radius 1 is 1.12 bits per heavy atom. The molecular formula is C25H27N5O3S. The molecule has 4 aromatic rings. The number of carbonyl (C=O) groups is 2. The van der Waals surface area contributed by atoms with Crippen LogP contribution in [0.2, 0.25) is 0 Å². The van der Waals surface area contributed by atoms with Crippen LogP contribution in [-0.2, 0) is 22.7 Å². The van der Waals surface area contributed by atoms with Gasteiger partial charge in [-0.25, -0.2) is 4.68 Å². The van der Waals surface area contributed by atoms with E-state index in [4.69, 9.17) is 4.42 Å². The number of nitrogens with zero attached hydrogens (tertiary/aromatic N) is 4. The summed E-state index contributed by atoms with van der Waals surface area (Å²) in [6.45, 7) is 0.270. The standard InChI is InChI=1S/C25H27N5O3S/c31-23(17-30-21-12-5-4-11-20(21)27-28-30)29(16-19-10-7-15-34-19)24(22-13-6-14-33-22)25(32)26-18-8-2-1-3-9-18/h4-7,10-15,18,24H,1-3,8-9,16-17H2,(H,26,32)/t24-/m1/s1. The van der Waals surface area contributed by atoms with Crippen molar-refractivity contribution in [2.45, 2.75) is 57.3 Å². The third kappa shape index (κ3) is 4.89. The Hall–Kier alpha value is -3.46. The van der Waals surface area contributed by atoms with Crippen LogP contribution in [0.1, 0.15) is 48.8 Å². The molecule has 5 rings (SSSR count). The van der Waals surface area contributed by atoms with Gasteiger partial charge in [-0.05, 0) is 48.6 Å². The molecule has 1 atom stereocenters. The Kier molecular flexibility index (Phi) is 6.71. The van der Waals surface area contributed by atoms with Gasteiger partial charge in [-0.3, -0.25) is 9.59 Å². The number of benzene rings is 1. The first-order valence-corrected chi connectivity index (χ1v) is 12.5. The van der Waals surface area contributed by atoms with E-state index in [1.807, 2.05) is 41.8 Å². The molecule has 3 aromatic heterocycles. The molecule has 2 amide bonds. The lowest BCUT2D eigenvalue weighted by atomic mass is 9.95. The number of para-hydroxylation sites is 1. The molecule has 0 unspecified atom stereocenters. The molecule has 0 aliphatic heterocycles. The molecule has 3 heterocycles. The number of hydrogen-bond donors (Lipinski definition) is 1. The molecule has 8 nitrogen and oxygen atoms in total. The van der Waals surface area contributed by atoms with Crippen molar-refractivity contribution in [2.75, 3.05) is 0 Å². The summed E-state index contributed by atoms with van der Waals surface area (Å²) in [7, 11) is 0. The van der Waals surface area contributed by atoms with Gasteiger partial charge in [0.15, 0.2) is 6.04 Å². The average Bonchev–Trinajstić information content (AvgIpc) is 3.63. The lowest BCUT2D eigenvalue weighted by Gasteiger charge is -2.32. The lowest BCUT2D eigenvalue weighted by molar-refractivity contribution is -0.143. The highest BCUT2D eigenvalue weighted by atomic mass is 32.1. The number of aromatic nitrogens is 3. The van der Waals surface area contributed by atoms with Gasteiger partial charge in [0.2, 0.25) is 5.91 Å². The van der Waals surface area contributed by atoms with E-state index in [9.17, 15) is 9.59 Å². The largest absolute Gasteiger partial charge is 0.467 e. The topological polar surface area (TPSA) is 93.3 Å². The number of hydrogen-bond acceptors (Lipinski definition) is 6. The molecule has 34 heavy (non-hydrogen) atoms. The zero-order valence-corrected chi connectivity index (χ0v) is 19.6. The fourth-order valence-corrected chi connectivity index (χ4v) is 5.25. The van der Waals surface area contributed by atoms with E-state index in [2.05, 4.69) is 15.6 Å². The van der Waals surface area contributed by atoms with Gasteiger partial charge in [0.1, 0.15) is 17.8 Å². The fourth-order valence-electron chi connectivity index (χ4n) is 4.55. The van der Waals surface area contributed by atoms with E-state index in [-0.39, 0.29) is 24.4 Å². The van der Waals surface area contributed by atoms with E-state index < -0.39 is 6.04 Å². The monoisotopic (exact) mass is 477 g/mol. The molecule has 1 aliphatic carbocycles. The van der Waals surface area contributed by atoms with Crippen molar-refractivity contribution in [3.8, 4) is 0 Å². The molecule has 1 saturated carbocycles. The number of carbonyl (C=O) groups excluding carboxylic acids is 2. The van der Waals surface area contributed by atoms with Crippen molar-refractivity contribution in [1.82, 2.24) is 25.2 Å². The average molecular weight is 478 g/mol. The third-order valence-corrected chi connectivity index (χ3v) is 7.12. The number of furan rings is 1. The smallest absolute Gasteiger partial charge is 0.250 e. The van der Waals surface area contributed by atoms with Crippen LogP contribution in [0.5, 0.6) is 0 Å². The van der Waals surface area contributed by atoms with E-state index >= 15 is 0 Å². The normalized spacial score (nSPS) is 15.3. The quantitative estimate of drug-likeness (QED) is 0.408. The summed E-state index contributed by atoms with van der Waals surface area (Å²) in [4.78, 5) is 29.9. The Balaban J connectivity index is 1.46. The predicted molar refractivity (Wildman–Crippen MR) is 129 cm³/mol. The van der Waals surface area contributed by atoms with Crippen molar-refractivity contribution in [3.63, 3.8) is 0 Å². The highest BCUT2D eigenvalue weighted by Gasteiger charge is 2.35. The molecule has 0 spiro atoms. The van der Waals surface area contributed by atoms with Gasteiger partial charge >= 0.3 is 0 Å². The molecule has 1 aromatic carbocycles. The van der Waals surface area contributed by atoms with Crippen molar-refractivity contribution >= 4 is 34.2 Å². The number of amides is 2. The van der Waals surface area contributed by atoms with Crippen LogP contribution in [-0.4, -0.2) is 37.7 Å². The highest BCUT2D eigenvalue weighted by Crippen LogP contribution is 2.27. The molecule has 0 radical (unpaired) electrons. The summed E-state index contributed by atoms with van der Waals surface area (Å²) in [5, 5.41) is 13.5. The van der Waals surface area contributed by atoms with Gasteiger partial charge in [0, 0.05) is 10.9 Å². The first kappa shape index (κ1) is 22.3. The number of rotatable bonds is 8. The van der Waals surface area contributed by atoms with Crippen molar-refractivity contribution in [1.29, 1.82) is 0 Å². The summed E-state index contributed by atoms with van der Waals surface area (Å²) in [5.74, 6) is 0.00103. The van der Waals surface area contributed by atoms with E-state index in [1.165, 1.54) is 12.7 Å². The molecule has 1 fully saturated rings. The second kappa shape index (κ2) is 10.2. The predicted octanol–water partition coefficient (Wildman–Crippen LogP) is 4.30. The minimum Gasteiger partial charge on any atom is -0.467 e. The molecule has 0 bridgehead atoms. The fraction of sp³-hybridized carbons (Fsp3) is 0.360. The maximum atomic E-state index is 13.7. The van der Waals surface area contributed by atoms with E-state index in [0.717, 1.165) is 41.6 Å². The van der Waals surface area contributed by atoms with Crippen LogP contribution in [0.15, 0.2) is 64.6 Å². The van der Waals surface area contributed by atoms with Gasteiger partial charge in [-0.15, -0.1) is 16.4 Å². The van der Waals surface area contributed by atoms with Crippen LogP contribution in [0.25, 0.3) is 11.0 Å². The van der Waals surface area contributed by atoms with Crippen LogP contribution in [0.3, 0.4) is 0 Å². The van der Waals surface area contributed by atoms with Crippen molar-refractivity contribution < 1.29 is 14.0 Å². The van der Waals surface area contributed by atoms with Gasteiger partial charge in [0.25, 0.3) is 5.91 Å². The highest BCUT2D eigenvalue weighted by molar-refractivity contribution is 7.09. The van der Waals surface area contributed by atoms with Crippen LogP contribution >= 0.6 is 11.3 Å². The molecular weight excluding hydrogens is 450 g/mol. The molecule has 1 N–H and O–H groups in total. The van der Waals surface area contributed by atoms with Gasteiger partial charge in [0.05, 0.1) is 18.3 Å². The second-order valence-electron chi connectivity index (χ2n) is 8.60. The Morgan fingerprint density at radius 3 is 2.74 bits per heavy atom. The third-order valence-electron chi connectivity index (χ3n) is 6.26. The minimum absolute atomic E-state index is 0.0280. The van der Waals surface area contributed by atoms with E-state index in [0.29, 0.717) is 12.3 Å². The van der Waals surface area contributed by atoms with Crippen molar-refractivity contribution in [2.24, 2.45) is 0 Å². The summed E-state index contributed by atoms with van der Waals surface area (Å²) < 4.78 is 7.26. The first-order chi connectivity index (χ1) is 16.7. The maximum absolute atomic E-state index is 13.7. The maximum Gasteiger partial charge on any atom is 0.250 e. The van der Waals surface area contributed by atoms with Gasteiger partial charge in [-0.2, -0.15) is 0 Å².